The van der Waals surface area contributed by atoms with Crippen molar-refractivity contribution in [3.8, 4) is 0 Å². The van der Waals surface area contributed by atoms with Crippen molar-refractivity contribution in [1.29, 1.82) is 0 Å². The van der Waals surface area contributed by atoms with Crippen LogP contribution in [0.5, 0.6) is 0 Å². The zero-order valence-electron chi connectivity index (χ0n) is 14.7. The highest BCUT2D eigenvalue weighted by Gasteiger charge is 2.61. The van der Waals surface area contributed by atoms with Gasteiger partial charge in [-0.2, -0.15) is 0 Å². The van der Waals surface area contributed by atoms with Gasteiger partial charge in [-0.3, -0.25) is 9.59 Å². The number of ketones is 2. The quantitative estimate of drug-likeness (QED) is 0.748. The number of ether oxygens (including phenoxy) is 1. The summed E-state index contributed by atoms with van der Waals surface area (Å²) in [5, 5.41) is 0. The Morgan fingerprint density at radius 1 is 1.22 bits per heavy atom. The summed E-state index contributed by atoms with van der Waals surface area (Å²) in [6.45, 7) is 7.64. The Morgan fingerprint density at radius 2 is 1.91 bits per heavy atom. The molecule has 1 aliphatic heterocycles. The second-order valence-corrected chi connectivity index (χ2v) is 8.43. The van der Waals surface area contributed by atoms with Gasteiger partial charge in [0.25, 0.3) is 0 Å². The van der Waals surface area contributed by atoms with Crippen LogP contribution in [-0.4, -0.2) is 23.1 Å². The Morgan fingerprint density at radius 3 is 2.57 bits per heavy atom. The largest absolute Gasteiger partial charge is 0.459 e. The number of hydrogen-bond donors (Lipinski definition) is 0. The van der Waals surface area contributed by atoms with Crippen molar-refractivity contribution in [2.75, 3.05) is 0 Å². The highest BCUT2D eigenvalue weighted by Crippen LogP contribution is 2.60. The SMILES string of the molecule is CC(=O)CC[C@@]1(C)OC(=O)[C@H](C)[C@H]2[C@@H]1CC[C@@]1(C)C(=O)CC[C@@H]21. The molecule has 23 heavy (non-hydrogen) atoms. The molecule has 4 heteroatoms. The number of rotatable bonds is 3. The number of hydrogen-bond acceptors (Lipinski definition) is 4. The van der Waals surface area contributed by atoms with Gasteiger partial charge in [0, 0.05) is 24.2 Å². The first-order valence-corrected chi connectivity index (χ1v) is 8.94. The molecule has 128 valence electrons. The molecule has 0 radical (unpaired) electrons. The molecule has 3 aliphatic rings. The minimum absolute atomic E-state index is 0.133. The zero-order chi connectivity index (χ0) is 17.0. The van der Waals surface area contributed by atoms with Gasteiger partial charge in [0.15, 0.2) is 0 Å². The molecule has 0 aromatic carbocycles. The van der Waals surface area contributed by atoms with Crippen LogP contribution >= 0.6 is 0 Å². The molecule has 0 N–H and O–H groups in total. The molecular formula is C19H28O4. The summed E-state index contributed by atoms with van der Waals surface area (Å²) in [6.07, 6.45) is 4.39. The molecule has 0 bridgehead atoms. The van der Waals surface area contributed by atoms with Gasteiger partial charge in [0.1, 0.15) is 17.2 Å². The van der Waals surface area contributed by atoms with Gasteiger partial charge in [-0.25, -0.2) is 0 Å². The van der Waals surface area contributed by atoms with E-state index in [2.05, 4.69) is 6.92 Å². The van der Waals surface area contributed by atoms with Crippen molar-refractivity contribution in [2.24, 2.45) is 29.1 Å². The van der Waals surface area contributed by atoms with Gasteiger partial charge in [0.2, 0.25) is 0 Å². The standard InChI is InChI=1S/C19H28O4/c1-11(20)7-10-19(4)14-8-9-18(3)13(5-6-15(18)21)16(14)12(2)17(22)23-19/h12-14,16H,5-10H2,1-4H3/t12-,13+,14+,16-,18-,19-/m1/s1. The van der Waals surface area contributed by atoms with Crippen molar-refractivity contribution in [2.45, 2.75) is 71.8 Å². The van der Waals surface area contributed by atoms with Crippen LogP contribution in [0.2, 0.25) is 0 Å². The Hall–Kier alpha value is -1.19. The van der Waals surface area contributed by atoms with Crippen molar-refractivity contribution < 1.29 is 19.1 Å². The van der Waals surface area contributed by atoms with E-state index in [4.69, 9.17) is 4.74 Å². The molecule has 3 rings (SSSR count). The van der Waals surface area contributed by atoms with Gasteiger partial charge >= 0.3 is 5.97 Å². The average Bonchev–Trinajstić information content (AvgIpc) is 2.78. The molecule has 2 saturated carbocycles. The fourth-order valence-electron chi connectivity index (χ4n) is 5.59. The molecule has 0 aromatic heterocycles. The Labute approximate surface area is 138 Å². The van der Waals surface area contributed by atoms with Crippen molar-refractivity contribution >= 4 is 17.5 Å². The third-order valence-electron chi connectivity index (χ3n) is 7.08. The number of carbonyl (C=O) groups is 3. The second kappa shape index (κ2) is 5.42. The zero-order valence-corrected chi connectivity index (χ0v) is 14.7. The van der Waals surface area contributed by atoms with E-state index in [1.165, 1.54) is 0 Å². The summed E-state index contributed by atoms with van der Waals surface area (Å²) in [4.78, 5) is 36.3. The molecule has 4 nitrogen and oxygen atoms in total. The number of esters is 1. The first-order valence-electron chi connectivity index (χ1n) is 8.94. The van der Waals surface area contributed by atoms with Crippen LogP contribution in [-0.2, 0) is 19.1 Å². The number of cyclic esters (lactones) is 1. The smallest absolute Gasteiger partial charge is 0.309 e. The third-order valence-corrected chi connectivity index (χ3v) is 7.08. The predicted octanol–water partition coefficient (Wildman–Crippen LogP) is 3.32. The Balaban J connectivity index is 1.93. The highest BCUT2D eigenvalue weighted by atomic mass is 16.6. The van der Waals surface area contributed by atoms with Gasteiger partial charge in [0.05, 0.1) is 5.92 Å². The Bertz CT molecular complexity index is 554. The van der Waals surface area contributed by atoms with E-state index in [-0.39, 0.29) is 40.8 Å². The van der Waals surface area contributed by atoms with Crippen molar-refractivity contribution in [1.82, 2.24) is 0 Å². The van der Waals surface area contributed by atoms with Crippen LogP contribution in [0, 0.1) is 29.1 Å². The number of fused-ring (bicyclic) bond motifs is 3. The lowest BCUT2D eigenvalue weighted by atomic mass is 9.52. The van der Waals surface area contributed by atoms with E-state index in [0.717, 1.165) is 19.3 Å². The fourth-order valence-corrected chi connectivity index (χ4v) is 5.59. The first-order chi connectivity index (χ1) is 10.7. The fraction of sp³-hybridized carbons (Fsp3) is 0.842. The molecule has 0 aromatic rings. The lowest BCUT2D eigenvalue weighted by Crippen LogP contribution is -2.58. The lowest BCUT2D eigenvalue weighted by Gasteiger charge is -2.55. The van der Waals surface area contributed by atoms with Crippen LogP contribution in [0.3, 0.4) is 0 Å². The maximum Gasteiger partial charge on any atom is 0.309 e. The van der Waals surface area contributed by atoms with Crippen LogP contribution in [0.15, 0.2) is 0 Å². The van der Waals surface area contributed by atoms with Crippen molar-refractivity contribution in [3.63, 3.8) is 0 Å². The van der Waals surface area contributed by atoms with Crippen LogP contribution in [0.4, 0.5) is 0 Å². The van der Waals surface area contributed by atoms with Crippen LogP contribution in [0.25, 0.3) is 0 Å². The molecule has 3 fully saturated rings. The predicted molar refractivity (Wildman–Crippen MR) is 85.6 cm³/mol. The summed E-state index contributed by atoms with van der Waals surface area (Å²) in [6, 6.07) is 0. The van der Waals surface area contributed by atoms with E-state index in [1.54, 1.807) is 6.92 Å². The van der Waals surface area contributed by atoms with Gasteiger partial charge in [-0.15, -0.1) is 0 Å². The van der Waals surface area contributed by atoms with Gasteiger partial charge in [-0.05, 0) is 51.4 Å². The molecule has 0 unspecified atom stereocenters. The van der Waals surface area contributed by atoms with E-state index in [9.17, 15) is 14.4 Å². The lowest BCUT2D eigenvalue weighted by molar-refractivity contribution is -0.207. The maximum absolute atomic E-state index is 12.5. The van der Waals surface area contributed by atoms with E-state index in [1.807, 2.05) is 13.8 Å². The summed E-state index contributed by atoms with van der Waals surface area (Å²) in [7, 11) is 0. The Kier molecular flexibility index (Phi) is 3.93. The summed E-state index contributed by atoms with van der Waals surface area (Å²) in [5.74, 6) is 0.957. The second-order valence-electron chi connectivity index (χ2n) is 8.43. The van der Waals surface area contributed by atoms with E-state index in [0.29, 0.717) is 25.0 Å². The average molecular weight is 320 g/mol. The summed E-state index contributed by atoms with van der Waals surface area (Å²) < 4.78 is 5.84. The number of Topliss-reactive ketones (excluding diaryl/α,β-unsaturated/α-hetero) is 2. The molecule has 0 spiro atoms. The summed E-state index contributed by atoms with van der Waals surface area (Å²) in [5.41, 5.74) is -0.818. The molecular weight excluding hydrogens is 292 g/mol. The molecule has 1 saturated heterocycles. The molecule has 6 atom stereocenters. The molecule has 0 amide bonds. The minimum Gasteiger partial charge on any atom is -0.459 e. The third kappa shape index (κ3) is 2.45. The van der Waals surface area contributed by atoms with Crippen molar-refractivity contribution in [3.05, 3.63) is 0 Å². The van der Waals surface area contributed by atoms with E-state index >= 15 is 0 Å². The van der Waals surface area contributed by atoms with Crippen LogP contribution in [0.1, 0.15) is 66.2 Å². The van der Waals surface area contributed by atoms with Crippen LogP contribution < -0.4 is 0 Å². The maximum atomic E-state index is 12.5. The van der Waals surface area contributed by atoms with E-state index < -0.39 is 5.60 Å². The summed E-state index contributed by atoms with van der Waals surface area (Å²) >= 11 is 0. The first kappa shape index (κ1) is 16.7. The minimum atomic E-state index is -0.563. The monoisotopic (exact) mass is 320 g/mol. The topological polar surface area (TPSA) is 60.4 Å². The van der Waals surface area contributed by atoms with Gasteiger partial charge in [-0.1, -0.05) is 13.8 Å². The van der Waals surface area contributed by atoms with Gasteiger partial charge < -0.3 is 9.53 Å². The number of carbonyl (C=O) groups excluding carboxylic acids is 3. The highest BCUT2D eigenvalue weighted by molar-refractivity contribution is 5.87. The molecule has 1 heterocycles. The normalized spacial score (nSPS) is 46.1. The molecule has 2 aliphatic carbocycles.